The second kappa shape index (κ2) is 7.88. The second-order valence-electron chi connectivity index (χ2n) is 8.02. The minimum Gasteiger partial charge on any atom is -0.309 e. The summed E-state index contributed by atoms with van der Waals surface area (Å²) in [6.07, 6.45) is 1.81. The average molecular weight is 444 g/mol. The van der Waals surface area contributed by atoms with Gasteiger partial charge in [-0.05, 0) is 48.5 Å². The first kappa shape index (κ1) is 19.7. The van der Waals surface area contributed by atoms with Gasteiger partial charge in [0.25, 0.3) is 0 Å². The summed E-state index contributed by atoms with van der Waals surface area (Å²) in [6.45, 7) is 0. The number of fused-ring (bicyclic) bond motifs is 2. The molecule has 0 spiro atoms. The molecule has 0 N–H and O–H groups in total. The Kier molecular flexibility index (Phi) is 4.71. The zero-order valence-corrected chi connectivity index (χ0v) is 18.8. The Morgan fingerprint density at radius 1 is 0.576 bits per heavy atom. The number of anilines is 3. The molecular formula is C29H21N2OP. The third-order valence-electron chi connectivity index (χ3n) is 6.13. The van der Waals surface area contributed by atoms with Gasteiger partial charge in [0.15, 0.2) is 7.14 Å². The number of benzene rings is 4. The van der Waals surface area contributed by atoms with Crippen molar-refractivity contribution >= 4 is 40.1 Å². The van der Waals surface area contributed by atoms with Crippen LogP contribution in [0.2, 0.25) is 0 Å². The lowest BCUT2D eigenvalue weighted by molar-refractivity contribution is 0.592. The maximum Gasteiger partial charge on any atom is 0.175 e. The van der Waals surface area contributed by atoms with Gasteiger partial charge in [-0.3, -0.25) is 4.98 Å². The van der Waals surface area contributed by atoms with E-state index in [4.69, 9.17) is 0 Å². The smallest absolute Gasteiger partial charge is 0.175 e. The van der Waals surface area contributed by atoms with E-state index in [1.807, 2.05) is 91.1 Å². The first-order valence-corrected chi connectivity index (χ1v) is 12.6. The molecule has 3 nitrogen and oxygen atoms in total. The summed E-state index contributed by atoms with van der Waals surface area (Å²) in [7, 11) is -3.01. The van der Waals surface area contributed by atoms with Gasteiger partial charge >= 0.3 is 0 Å². The number of nitrogens with zero attached hydrogens (tertiary/aromatic N) is 2. The molecular weight excluding hydrogens is 423 g/mol. The van der Waals surface area contributed by atoms with E-state index in [1.54, 1.807) is 0 Å². The molecule has 0 fully saturated rings. The fourth-order valence-corrected chi connectivity index (χ4v) is 7.60. The van der Waals surface area contributed by atoms with E-state index in [2.05, 4.69) is 46.3 Å². The Morgan fingerprint density at radius 3 is 1.76 bits per heavy atom. The van der Waals surface area contributed by atoms with Gasteiger partial charge in [-0.15, -0.1) is 0 Å². The molecule has 1 aromatic heterocycles. The van der Waals surface area contributed by atoms with E-state index in [0.29, 0.717) is 0 Å². The average Bonchev–Trinajstić information content (AvgIpc) is 2.90. The number of pyridine rings is 1. The van der Waals surface area contributed by atoms with Gasteiger partial charge in [0.2, 0.25) is 0 Å². The lowest BCUT2D eigenvalue weighted by Gasteiger charge is -2.37. The summed E-state index contributed by atoms with van der Waals surface area (Å²) in [5, 5.41) is 2.59. The minimum absolute atomic E-state index is 0.857. The van der Waals surface area contributed by atoms with Crippen LogP contribution in [-0.4, -0.2) is 4.98 Å². The molecule has 4 heteroatoms. The molecule has 33 heavy (non-hydrogen) atoms. The SMILES string of the molecule is O=P1(c2ccccc2)c2ccccc2N(c2ccc(-c3ccccn3)cc2)c2ccccc21. The van der Waals surface area contributed by atoms with Crippen LogP contribution in [0.4, 0.5) is 17.1 Å². The minimum atomic E-state index is -3.01. The van der Waals surface area contributed by atoms with E-state index in [0.717, 1.165) is 44.2 Å². The summed E-state index contributed by atoms with van der Waals surface area (Å²) in [5.74, 6) is 0. The molecule has 0 aliphatic carbocycles. The molecule has 0 saturated heterocycles. The number of para-hydroxylation sites is 2. The van der Waals surface area contributed by atoms with Crippen molar-refractivity contribution in [3.05, 3.63) is 128 Å². The van der Waals surface area contributed by atoms with Gasteiger partial charge in [-0.25, -0.2) is 0 Å². The highest BCUT2D eigenvalue weighted by atomic mass is 31.2. The first-order valence-electron chi connectivity index (χ1n) is 10.9. The third kappa shape index (κ3) is 3.13. The molecule has 0 atom stereocenters. The fourth-order valence-electron chi connectivity index (χ4n) is 4.61. The van der Waals surface area contributed by atoms with Crippen molar-refractivity contribution in [1.29, 1.82) is 0 Å². The van der Waals surface area contributed by atoms with Crippen LogP contribution in [0.3, 0.4) is 0 Å². The predicted octanol–water partition coefficient (Wildman–Crippen LogP) is 6.17. The Hall–Kier alpha value is -3.94. The van der Waals surface area contributed by atoms with Crippen LogP contribution in [0.15, 0.2) is 128 Å². The van der Waals surface area contributed by atoms with Crippen molar-refractivity contribution in [1.82, 2.24) is 4.98 Å². The van der Waals surface area contributed by atoms with Gasteiger partial charge in [0, 0.05) is 33.4 Å². The van der Waals surface area contributed by atoms with Crippen LogP contribution < -0.4 is 20.8 Å². The number of aromatic nitrogens is 1. The van der Waals surface area contributed by atoms with Crippen molar-refractivity contribution < 1.29 is 4.57 Å². The summed E-state index contributed by atoms with van der Waals surface area (Å²) >= 11 is 0. The monoisotopic (exact) mass is 444 g/mol. The Labute approximate surface area is 193 Å². The lowest BCUT2D eigenvalue weighted by Crippen LogP contribution is -2.36. The molecule has 6 rings (SSSR count). The van der Waals surface area contributed by atoms with E-state index < -0.39 is 7.14 Å². The zero-order valence-electron chi connectivity index (χ0n) is 17.9. The molecule has 0 unspecified atom stereocenters. The molecule has 2 heterocycles. The van der Waals surface area contributed by atoms with Crippen molar-refractivity contribution in [2.45, 2.75) is 0 Å². The van der Waals surface area contributed by atoms with Gasteiger partial charge in [0.1, 0.15) is 0 Å². The first-order chi connectivity index (χ1) is 16.3. The van der Waals surface area contributed by atoms with Crippen molar-refractivity contribution in [3.8, 4) is 11.3 Å². The van der Waals surface area contributed by atoms with Crippen LogP contribution in [0.25, 0.3) is 11.3 Å². The Bertz CT molecular complexity index is 1430. The van der Waals surface area contributed by atoms with Gasteiger partial charge in [-0.2, -0.15) is 0 Å². The molecule has 4 aromatic carbocycles. The maximum absolute atomic E-state index is 14.9. The van der Waals surface area contributed by atoms with Gasteiger partial charge in [0.05, 0.1) is 17.1 Å². The van der Waals surface area contributed by atoms with E-state index in [-0.39, 0.29) is 0 Å². The molecule has 0 saturated carbocycles. The maximum atomic E-state index is 14.9. The number of hydrogen-bond acceptors (Lipinski definition) is 3. The summed E-state index contributed by atoms with van der Waals surface area (Å²) in [4.78, 5) is 6.68. The fraction of sp³-hybridized carbons (Fsp3) is 0. The van der Waals surface area contributed by atoms with Crippen molar-refractivity contribution in [2.75, 3.05) is 4.90 Å². The summed E-state index contributed by atoms with van der Waals surface area (Å²) < 4.78 is 14.9. The second-order valence-corrected chi connectivity index (χ2v) is 10.7. The standard InChI is InChI=1S/C29H21N2OP/c32-33(24-10-2-1-3-11-24)28-15-6-4-13-26(28)31(27-14-5-7-16-29(27)33)23-19-17-22(18-20-23)25-12-8-9-21-30-25/h1-21H. The van der Waals surface area contributed by atoms with Crippen molar-refractivity contribution in [2.24, 2.45) is 0 Å². The highest BCUT2D eigenvalue weighted by Crippen LogP contribution is 2.53. The molecule has 0 amide bonds. The van der Waals surface area contributed by atoms with E-state index in [9.17, 15) is 4.57 Å². The van der Waals surface area contributed by atoms with E-state index in [1.165, 1.54) is 0 Å². The number of rotatable bonds is 3. The van der Waals surface area contributed by atoms with Crippen LogP contribution in [0.1, 0.15) is 0 Å². The van der Waals surface area contributed by atoms with Crippen LogP contribution in [0.5, 0.6) is 0 Å². The van der Waals surface area contributed by atoms with Crippen LogP contribution >= 0.6 is 7.14 Å². The molecule has 158 valence electrons. The Balaban J connectivity index is 1.56. The van der Waals surface area contributed by atoms with Crippen LogP contribution in [-0.2, 0) is 4.57 Å². The quantitative estimate of drug-likeness (QED) is 0.306. The molecule has 1 aliphatic rings. The topological polar surface area (TPSA) is 33.2 Å². The van der Waals surface area contributed by atoms with Crippen LogP contribution in [0, 0.1) is 0 Å². The third-order valence-corrected chi connectivity index (χ3v) is 9.27. The summed E-state index contributed by atoms with van der Waals surface area (Å²) in [6, 6.07) is 40.3. The van der Waals surface area contributed by atoms with Gasteiger partial charge < -0.3 is 9.46 Å². The highest BCUT2D eigenvalue weighted by molar-refractivity contribution is 7.86. The Morgan fingerprint density at radius 2 is 1.15 bits per heavy atom. The highest BCUT2D eigenvalue weighted by Gasteiger charge is 2.40. The van der Waals surface area contributed by atoms with Gasteiger partial charge in [-0.1, -0.05) is 72.8 Å². The molecule has 5 aromatic rings. The predicted molar refractivity (Wildman–Crippen MR) is 137 cm³/mol. The molecule has 0 radical (unpaired) electrons. The molecule has 1 aliphatic heterocycles. The van der Waals surface area contributed by atoms with E-state index >= 15 is 0 Å². The summed E-state index contributed by atoms with van der Waals surface area (Å²) in [5.41, 5.74) is 4.93. The van der Waals surface area contributed by atoms with Crippen molar-refractivity contribution in [3.63, 3.8) is 0 Å². The lowest BCUT2D eigenvalue weighted by atomic mass is 10.1. The largest absolute Gasteiger partial charge is 0.309 e. The normalized spacial score (nSPS) is 13.8. The zero-order chi connectivity index (χ0) is 22.3. The number of hydrogen-bond donors (Lipinski definition) is 0. The molecule has 0 bridgehead atoms.